The Kier molecular flexibility index (Phi) is 4.87. The number of rotatable bonds is 6. The number of nitrogens with zero attached hydrogens (tertiary/aromatic N) is 4. The fraction of sp³-hybridized carbons (Fsp3) is 0.353. The van der Waals surface area contributed by atoms with Gasteiger partial charge in [0.2, 0.25) is 5.91 Å². The SMILES string of the molecule is Cc1n[nH]c(C)c1CCC(=O)NCCn1nnc2ccccc2c1=O. The summed E-state index contributed by atoms with van der Waals surface area (Å²) in [7, 11) is 0. The van der Waals surface area contributed by atoms with Crippen molar-refractivity contribution in [3.63, 3.8) is 0 Å². The summed E-state index contributed by atoms with van der Waals surface area (Å²) in [4.78, 5) is 24.3. The van der Waals surface area contributed by atoms with Gasteiger partial charge in [-0.25, -0.2) is 4.68 Å². The van der Waals surface area contributed by atoms with Gasteiger partial charge in [-0.2, -0.15) is 5.10 Å². The smallest absolute Gasteiger partial charge is 0.277 e. The molecule has 1 amide bonds. The van der Waals surface area contributed by atoms with E-state index in [1.807, 2.05) is 19.9 Å². The molecule has 0 aliphatic heterocycles. The topological polar surface area (TPSA) is 106 Å². The van der Waals surface area contributed by atoms with Gasteiger partial charge in [0.25, 0.3) is 5.56 Å². The number of fused-ring (bicyclic) bond motifs is 1. The van der Waals surface area contributed by atoms with E-state index in [9.17, 15) is 9.59 Å². The van der Waals surface area contributed by atoms with Crippen molar-refractivity contribution in [3.05, 3.63) is 51.6 Å². The summed E-state index contributed by atoms with van der Waals surface area (Å²) < 4.78 is 1.27. The third-order valence-corrected chi connectivity index (χ3v) is 4.16. The monoisotopic (exact) mass is 340 g/mol. The molecule has 0 aliphatic carbocycles. The number of aryl methyl sites for hydroxylation is 2. The molecular formula is C17H20N6O2. The number of aromatic amines is 1. The first-order valence-electron chi connectivity index (χ1n) is 8.16. The van der Waals surface area contributed by atoms with Crippen molar-refractivity contribution in [2.75, 3.05) is 6.54 Å². The Morgan fingerprint density at radius 2 is 2.08 bits per heavy atom. The minimum atomic E-state index is -0.204. The lowest BCUT2D eigenvalue weighted by atomic mass is 10.1. The van der Waals surface area contributed by atoms with Gasteiger partial charge >= 0.3 is 0 Å². The molecule has 0 fully saturated rings. The molecule has 25 heavy (non-hydrogen) atoms. The summed E-state index contributed by atoms with van der Waals surface area (Å²) in [5, 5.41) is 18.3. The molecule has 2 heterocycles. The number of H-pyrrole nitrogens is 1. The maximum atomic E-state index is 12.3. The fourth-order valence-electron chi connectivity index (χ4n) is 2.74. The lowest BCUT2D eigenvalue weighted by Gasteiger charge is -2.07. The van der Waals surface area contributed by atoms with E-state index in [0.717, 1.165) is 17.0 Å². The number of aromatic nitrogens is 5. The Labute approximate surface area is 144 Å². The molecule has 0 saturated heterocycles. The predicted molar refractivity (Wildman–Crippen MR) is 93.2 cm³/mol. The van der Waals surface area contributed by atoms with Crippen LogP contribution >= 0.6 is 0 Å². The average Bonchev–Trinajstić information content (AvgIpc) is 2.93. The van der Waals surface area contributed by atoms with Crippen molar-refractivity contribution in [2.24, 2.45) is 0 Å². The Hall–Kier alpha value is -3.03. The number of carbonyl (C=O) groups excluding carboxylic acids is 1. The van der Waals surface area contributed by atoms with Gasteiger partial charge < -0.3 is 5.32 Å². The zero-order valence-corrected chi connectivity index (χ0v) is 14.2. The van der Waals surface area contributed by atoms with Crippen LogP contribution in [-0.2, 0) is 17.8 Å². The Morgan fingerprint density at radius 3 is 2.84 bits per heavy atom. The molecule has 3 rings (SSSR count). The Balaban J connectivity index is 1.53. The minimum Gasteiger partial charge on any atom is -0.354 e. The summed E-state index contributed by atoms with van der Waals surface area (Å²) in [6.07, 6.45) is 1.01. The predicted octanol–water partition coefficient (Wildman–Crippen LogP) is 0.880. The second kappa shape index (κ2) is 7.25. The molecule has 3 aromatic rings. The molecule has 0 aliphatic rings. The van der Waals surface area contributed by atoms with Crippen molar-refractivity contribution in [3.8, 4) is 0 Å². The van der Waals surface area contributed by atoms with Gasteiger partial charge in [0.15, 0.2) is 0 Å². The molecule has 0 saturated carbocycles. The van der Waals surface area contributed by atoms with E-state index in [4.69, 9.17) is 0 Å². The van der Waals surface area contributed by atoms with Crippen LogP contribution in [0.1, 0.15) is 23.4 Å². The van der Waals surface area contributed by atoms with Crippen LogP contribution in [0.5, 0.6) is 0 Å². The van der Waals surface area contributed by atoms with Crippen LogP contribution in [0.25, 0.3) is 10.9 Å². The largest absolute Gasteiger partial charge is 0.354 e. The number of nitrogens with one attached hydrogen (secondary N) is 2. The standard InChI is InChI=1S/C17H20N6O2/c1-11-13(12(2)20-19-11)7-8-16(24)18-9-10-23-17(25)14-5-3-4-6-15(14)21-22-23/h3-6H,7-10H2,1-2H3,(H,18,24)(H,19,20). The highest BCUT2D eigenvalue weighted by Gasteiger charge is 2.09. The maximum Gasteiger partial charge on any atom is 0.277 e. The zero-order chi connectivity index (χ0) is 17.8. The van der Waals surface area contributed by atoms with E-state index in [2.05, 4.69) is 25.8 Å². The molecule has 8 heteroatoms. The quantitative estimate of drug-likeness (QED) is 0.693. The van der Waals surface area contributed by atoms with Gasteiger partial charge in [-0.1, -0.05) is 17.3 Å². The van der Waals surface area contributed by atoms with Gasteiger partial charge in [-0.15, -0.1) is 5.10 Å². The van der Waals surface area contributed by atoms with Gasteiger partial charge in [0.1, 0.15) is 5.52 Å². The first-order valence-corrected chi connectivity index (χ1v) is 8.16. The van der Waals surface area contributed by atoms with Crippen LogP contribution in [0.4, 0.5) is 0 Å². The van der Waals surface area contributed by atoms with Crippen molar-refractivity contribution < 1.29 is 4.79 Å². The van der Waals surface area contributed by atoms with E-state index in [-0.39, 0.29) is 18.0 Å². The third-order valence-electron chi connectivity index (χ3n) is 4.16. The van der Waals surface area contributed by atoms with Gasteiger partial charge in [-0.05, 0) is 38.0 Å². The molecular weight excluding hydrogens is 320 g/mol. The Morgan fingerprint density at radius 1 is 1.28 bits per heavy atom. The van der Waals surface area contributed by atoms with Crippen molar-refractivity contribution in [1.82, 2.24) is 30.5 Å². The lowest BCUT2D eigenvalue weighted by molar-refractivity contribution is -0.121. The van der Waals surface area contributed by atoms with Crippen LogP contribution < -0.4 is 10.9 Å². The van der Waals surface area contributed by atoms with Crippen LogP contribution in [0.15, 0.2) is 29.1 Å². The van der Waals surface area contributed by atoms with Gasteiger partial charge in [-0.3, -0.25) is 14.7 Å². The maximum absolute atomic E-state index is 12.3. The third kappa shape index (κ3) is 3.73. The molecule has 8 nitrogen and oxygen atoms in total. The van der Waals surface area contributed by atoms with E-state index >= 15 is 0 Å². The molecule has 0 unspecified atom stereocenters. The summed E-state index contributed by atoms with van der Waals surface area (Å²) in [5.41, 5.74) is 3.35. The van der Waals surface area contributed by atoms with E-state index in [1.54, 1.807) is 18.2 Å². The highest BCUT2D eigenvalue weighted by molar-refractivity contribution is 5.77. The normalized spacial score (nSPS) is 11.0. The summed E-state index contributed by atoms with van der Waals surface area (Å²) in [6.45, 7) is 4.47. The first-order chi connectivity index (χ1) is 12.1. The molecule has 0 radical (unpaired) electrons. The highest BCUT2D eigenvalue weighted by atomic mass is 16.1. The van der Waals surface area contributed by atoms with E-state index in [0.29, 0.717) is 30.3 Å². The molecule has 0 atom stereocenters. The van der Waals surface area contributed by atoms with E-state index < -0.39 is 0 Å². The molecule has 0 spiro atoms. The lowest BCUT2D eigenvalue weighted by Crippen LogP contribution is -2.32. The van der Waals surface area contributed by atoms with Crippen molar-refractivity contribution >= 4 is 16.8 Å². The van der Waals surface area contributed by atoms with Crippen molar-refractivity contribution in [1.29, 1.82) is 0 Å². The average molecular weight is 340 g/mol. The van der Waals surface area contributed by atoms with Crippen LogP contribution in [0.2, 0.25) is 0 Å². The first kappa shape index (κ1) is 16.8. The number of hydrogen-bond acceptors (Lipinski definition) is 5. The second-order valence-corrected chi connectivity index (χ2v) is 5.90. The van der Waals surface area contributed by atoms with Gasteiger partial charge in [0, 0.05) is 18.7 Å². The van der Waals surface area contributed by atoms with Crippen LogP contribution in [0.3, 0.4) is 0 Å². The molecule has 1 aromatic carbocycles. The fourth-order valence-corrected chi connectivity index (χ4v) is 2.74. The minimum absolute atomic E-state index is 0.0678. The molecule has 130 valence electrons. The molecule has 0 bridgehead atoms. The van der Waals surface area contributed by atoms with Gasteiger partial charge in [0.05, 0.1) is 17.6 Å². The van der Waals surface area contributed by atoms with Crippen molar-refractivity contribution in [2.45, 2.75) is 33.2 Å². The molecule has 2 N–H and O–H groups in total. The zero-order valence-electron chi connectivity index (χ0n) is 14.2. The second-order valence-electron chi connectivity index (χ2n) is 5.90. The number of amides is 1. The summed E-state index contributed by atoms with van der Waals surface area (Å²) in [5.74, 6) is -0.0678. The number of benzene rings is 1. The summed E-state index contributed by atoms with van der Waals surface area (Å²) in [6, 6.07) is 7.06. The van der Waals surface area contributed by atoms with Crippen LogP contribution in [0, 0.1) is 13.8 Å². The molecule has 2 aromatic heterocycles. The summed E-state index contributed by atoms with van der Waals surface area (Å²) >= 11 is 0. The Bertz CT molecular complexity index is 940. The van der Waals surface area contributed by atoms with Crippen LogP contribution in [-0.4, -0.2) is 37.6 Å². The highest BCUT2D eigenvalue weighted by Crippen LogP contribution is 2.11. The van der Waals surface area contributed by atoms with E-state index in [1.165, 1.54) is 4.68 Å². The number of hydrogen-bond donors (Lipinski definition) is 2. The number of carbonyl (C=O) groups is 1.